The van der Waals surface area contributed by atoms with E-state index < -0.39 is 0 Å². The molecule has 0 aliphatic carbocycles. The predicted octanol–water partition coefficient (Wildman–Crippen LogP) is 2.58. The fourth-order valence-electron chi connectivity index (χ4n) is 2.49. The highest BCUT2D eigenvalue weighted by atomic mass is 35.5. The molecule has 1 amide bonds. The number of anilines is 1. The van der Waals surface area contributed by atoms with E-state index in [0.29, 0.717) is 22.3 Å². The van der Waals surface area contributed by atoms with Crippen molar-refractivity contribution in [3.63, 3.8) is 0 Å². The minimum absolute atomic E-state index is 0.0452. The van der Waals surface area contributed by atoms with Crippen LogP contribution in [0.1, 0.15) is 37.0 Å². The molecule has 0 bridgehead atoms. The van der Waals surface area contributed by atoms with E-state index >= 15 is 0 Å². The second kappa shape index (κ2) is 5.14. The highest BCUT2D eigenvalue weighted by molar-refractivity contribution is 6.29. The van der Waals surface area contributed by atoms with Gasteiger partial charge in [-0.15, -0.1) is 0 Å². The lowest BCUT2D eigenvalue weighted by atomic mass is 9.93. The van der Waals surface area contributed by atoms with Crippen molar-refractivity contribution < 1.29 is 4.79 Å². The maximum atomic E-state index is 12.4. The molecule has 0 spiro atoms. The van der Waals surface area contributed by atoms with Crippen LogP contribution in [0.5, 0.6) is 0 Å². The summed E-state index contributed by atoms with van der Waals surface area (Å²) in [4.78, 5) is 18.2. The molecule has 18 heavy (non-hydrogen) atoms. The molecule has 0 aromatic carbocycles. The number of carbonyl (C=O) groups is 1. The van der Waals surface area contributed by atoms with Crippen molar-refractivity contribution in [1.82, 2.24) is 9.88 Å². The number of carbonyl (C=O) groups excluding carboxylic acids is 1. The first-order chi connectivity index (χ1) is 8.49. The molecule has 2 unspecified atom stereocenters. The number of halogens is 1. The smallest absolute Gasteiger partial charge is 0.256 e. The minimum Gasteiger partial charge on any atom is -0.397 e. The van der Waals surface area contributed by atoms with Gasteiger partial charge < -0.3 is 10.6 Å². The van der Waals surface area contributed by atoms with Crippen LogP contribution in [0.3, 0.4) is 0 Å². The van der Waals surface area contributed by atoms with Crippen molar-refractivity contribution >= 4 is 23.2 Å². The molecule has 2 heterocycles. The number of nitrogens with two attached hydrogens (primary N) is 1. The third-order valence-corrected chi connectivity index (χ3v) is 3.74. The Labute approximate surface area is 112 Å². The van der Waals surface area contributed by atoms with Gasteiger partial charge in [0.05, 0.1) is 17.4 Å². The lowest BCUT2D eigenvalue weighted by Gasteiger charge is -2.36. The number of likely N-dealkylation sites (tertiary alicyclic amines) is 1. The Morgan fingerprint density at radius 2 is 2.28 bits per heavy atom. The first-order valence-corrected chi connectivity index (χ1v) is 6.59. The van der Waals surface area contributed by atoms with Gasteiger partial charge >= 0.3 is 0 Å². The van der Waals surface area contributed by atoms with Crippen molar-refractivity contribution in [2.45, 2.75) is 32.7 Å². The van der Waals surface area contributed by atoms with E-state index in [-0.39, 0.29) is 11.9 Å². The summed E-state index contributed by atoms with van der Waals surface area (Å²) in [5.74, 6) is 0.624. The van der Waals surface area contributed by atoms with Crippen LogP contribution in [0.15, 0.2) is 12.3 Å². The van der Waals surface area contributed by atoms with E-state index in [2.05, 4.69) is 18.8 Å². The molecule has 1 aliphatic rings. The zero-order chi connectivity index (χ0) is 13.3. The molecule has 2 rings (SSSR count). The van der Waals surface area contributed by atoms with E-state index in [1.807, 2.05) is 4.90 Å². The topological polar surface area (TPSA) is 59.2 Å². The second-order valence-corrected chi connectivity index (χ2v) is 5.46. The molecule has 2 N–H and O–H groups in total. The molecule has 5 heteroatoms. The Balaban J connectivity index is 2.23. The van der Waals surface area contributed by atoms with Crippen molar-refractivity contribution in [2.24, 2.45) is 5.92 Å². The number of aromatic nitrogens is 1. The molecule has 1 aromatic heterocycles. The average Bonchev–Trinajstić information content (AvgIpc) is 2.31. The highest BCUT2D eigenvalue weighted by Crippen LogP contribution is 2.25. The van der Waals surface area contributed by atoms with Gasteiger partial charge in [0.2, 0.25) is 0 Å². The van der Waals surface area contributed by atoms with Crippen molar-refractivity contribution in [1.29, 1.82) is 0 Å². The Morgan fingerprint density at radius 1 is 1.56 bits per heavy atom. The SMILES string of the molecule is CC1CCN(C(=O)c2cc(Cl)ncc2N)C(C)C1. The van der Waals surface area contributed by atoms with Crippen LogP contribution in [0, 0.1) is 5.92 Å². The fraction of sp³-hybridized carbons (Fsp3) is 0.538. The van der Waals surface area contributed by atoms with Crippen molar-refractivity contribution in [3.8, 4) is 0 Å². The largest absolute Gasteiger partial charge is 0.397 e. The van der Waals surface area contributed by atoms with Crippen LogP contribution in [0.2, 0.25) is 5.15 Å². The summed E-state index contributed by atoms with van der Waals surface area (Å²) >= 11 is 5.82. The molecule has 4 nitrogen and oxygen atoms in total. The van der Waals surface area contributed by atoms with Crippen molar-refractivity contribution in [2.75, 3.05) is 12.3 Å². The number of amides is 1. The normalized spacial score (nSPS) is 24.1. The Hall–Kier alpha value is -1.29. The van der Waals surface area contributed by atoms with Crippen molar-refractivity contribution in [3.05, 3.63) is 23.0 Å². The van der Waals surface area contributed by atoms with Gasteiger partial charge in [0.25, 0.3) is 5.91 Å². The van der Waals surface area contributed by atoms with Gasteiger partial charge in [0.15, 0.2) is 0 Å². The number of piperidine rings is 1. The molecule has 0 radical (unpaired) electrons. The van der Waals surface area contributed by atoms with Gasteiger partial charge in [-0.2, -0.15) is 0 Å². The van der Waals surface area contributed by atoms with Gasteiger partial charge in [-0.25, -0.2) is 4.98 Å². The molecule has 1 fully saturated rings. The van der Waals surface area contributed by atoms with E-state index in [4.69, 9.17) is 17.3 Å². The molecule has 1 saturated heterocycles. The summed E-state index contributed by atoms with van der Waals surface area (Å²) in [5.41, 5.74) is 6.64. The lowest BCUT2D eigenvalue weighted by molar-refractivity contribution is 0.0589. The molecule has 1 aliphatic heterocycles. The number of hydrogen-bond acceptors (Lipinski definition) is 3. The van der Waals surface area contributed by atoms with Gasteiger partial charge in [-0.3, -0.25) is 4.79 Å². The number of hydrogen-bond donors (Lipinski definition) is 1. The zero-order valence-corrected chi connectivity index (χ0v) is 11.4. The number of nitrogens with zero attached hydrogens (tertiary/aromatic N) is 2. The van der Waals surface area contributed by atoms with Gasteiger partial charge in [-0.1, -0.05) is 18.5 Å². The molecule has 2 atom stereocenters. The summed E-state index contributed by atoms with van der Waals surface area (Å²) < 4.78 is 0. The maximum Gasteiger partial charge on any atom is 0.256 e. The first-order valence-electron chi connectivity index (χ1n) is 6.21. The first kappa shape index (κ1) is 13.1. The van der Waals surface area contributed by atoms with E-state index in [1.165, 1.54) is 6.20 Å². The van der Waals surface area contributed by atoms with Gasteiger partial charge in [0.1, 0.15) is 5.15 Å². The van der Waals surface area contributed by atoms with E-state index in [0.717, 1.165) is 19.4 Å². The predicted molar refractivity (Wildman–Crippen MR) is 72.6 cm³/mol. The summed E-state index contributed by atoms with van der Waals surface area (Å²) in [5, 5.41) is 0.297. The molecule has 0 saturated carbocycles. The summed E-state index contributed by atoms with van der Waals surface area (Å²) in [6.45, 7) is 5.07. The quantitative estimate of drug-likeness (QED) is 0.796. The van der Waals surface area contributed by atoms with Crippen LogP contribution < -0.4 is 5.73 Å². The lowest BCUT2D eigenvalue weighted by Crippen LogP contribution is -2.44. The van der Waals surface area contributed by atoms with E-state index in [9.17, 15) is 4.79 Å². The molecular weight excluding hydrogens is 250 g/mol. The maximum absolute atomic E-state index is 12.4. The number of nitrogen functional groups attached to an aromatic ring is 1. The molecule has 98 valence electrons. The molecule has 1 aromatic rings. The average molecular weight is 268 g/mol. The van der Waals surface area contributed by atoms with Gasteiger partial charge in [-0.05, 0) is 31.7 Å². The molecular formula is C13H18ClN3O. The fourth-order valence-corrected chi connectivity index (χ4v) is 2.65. The second-order valence-electron chi connectivity index (χ2n) is 5.07. The van der Waals surface area contributed by atoms with Crippen LogP contribution >= 0.6 is 11.6 Å². The van der Waals surface area contributed by atoms with E-state index in [1.54, 1.807) is 6.07 Å². The third-order valence-electron chi connectivity index (χ3n) is 3.53. The van der Waals surface area contributed by atoms with Crippen LogP contribution in [-0.2, 0) is 0 Å². The minimum atomic E-state index is -0.0452. The zero-order valence-electron chi connectivity index (χ0n) is 10.7. The highest BCUT2D eigenvalue weighted by Gasteiger charge is 2.28. The van der Waals surface area contributed by atoms with Crippen LogP contribution in [0.25, 0.3) is 0 Å². The monoisotopic (exact) mass is 267 g/mol. The van der Waals surface area contributed by atoms with Crippen LogP contribution in [-0.4, -0.2) is 28.4 Å². The summed E-state index contributed by atoms with van der Waals surface area (Å²) in [6.07, 6.45) is 3.51. The Kier molecular flexibility index (Phi) is 3.76. The summed E-state index contributed by atoms with van der Waals surface area (Å²) in [6, 6.07) is 1.79. The summed E-state index contributed by atoms with van der Waals surface area (Å²) in [7, 11) is 0. The Morgan fingerprint density at radius 3 is 2.94 bits per heavy atom. The number of rotatable bonds is 1. The Bertz CT molecular complexity index is 464. The van der Waals surface area contributed by atoms with Gasteiger partial charge in [0, 0.05) is 12.6 Å². The number of pyridine rings is 1. The third kappa shape index (κ3) is 2.58. The standard InChI is InChI=1S/C13H18ClN3O/c1-8-3-4-17(9(2)5-8)13(18)10-6-12(14)16-7-11(10)15/h6-9H,3-5,15H2,1-2H3. The van der Waals surface area contributed by atoms with Crippen LogP contribution in [0.4, 0.5) is 5.69 Å².